The van der Waals surface area contributed by atoms with Gasteiger partial charge in [-0.2, -0.15) is 5.06 Å². The summed E-state index contributed by atoms with van der Waals surface area (Å²) in [5.74, 6) is -0.742. The Labute approximate surface area is 169 Å². The number of aromatic nitrogens is 1. The maximum atomic E-state index is 13.8. The van der Waals surface area contributed by atoms with Gasteiger partial charge in [0.15, 0.2) is 0 Å². The van der Waals surface area contributed by atoms with Crippen molar-refractivity contribution in [3.63, 3.8) is 0 Å². The molecule has 0 aliphatic heterocycles. The molecular formula is C20H37N2O5P. The number of hydroxylamine groups is 2. The molecule has 1 rings (SSSR count). The summed E-state index contributed by atoms with van der Waals surface area (Å²) in [6, 6.07) is 5.59. The lowest BCUT2D eigenvalue weighted by Crippen LogP contribution is -2.56. The smallest absolute Gasteiger partial charge is 0.350 e. The second-order valence-corrected chi connectivity index (χ2v) is 10.5. The van der Waals surface area contributed by atoms with Gasteiger partial charge in [-0.3, -0.25) is 14.4 Å². The van der Waals surface area contributed by atoms with Gasteiger partial charge in [-0.15, -0.1) is 0 Å². The van der Waals surface area contributed by atoms with Crippen LogP contribution in [0.25, 0.3) is 0 Å². The summed E-state index contributed by atoms with van der Waals surface area (Å²) in [7, 11) is -3.60. The van der Waals surface area contributed by atoms with Crippen LogP contribution >= 0.6 is 7.60 Å². The lowest BCUT2D eigenvalue weighted by atomic mass is 9.93. The minimum atomic E-state index is -3.60. The lowest BCUT2D eigenvalue weighted by Gasteiger charge is -2.48. The molecule has 0 spiro atoms. The first-order valence-corrected chi connectivity index (χ1v) is 11.4. The average molecular weight is 416 g/mol. The molecule has 1 N–H and O–H groups in total. The average Bonchev–Trinajstić information content (AvgIpc) is 2.61. The summed E-state index contributed by atoms with van der Waals surface area (Å²) < 4.78 is 25.2. The van der Waals surface area contributed by atoms with Crippen LogP contribution in [-0.4, -0.2) is 46.3 Å². The van der Waals surface area contributed by atoms with Crippen molar-refractivity contribution in [2.24, 2.45) is 5.41 Å². The van der Waals surface area contributed by atoms with Crippen molar-refractivity contribution in [2.45, 2.75) is 72.8 Å². The molecule has 0 saturated heterocycles. The second kappa shape index (κ2) is 10.3. The fourth-order valence-corrected chi connectivity index (χ4v) is 5.58. The lowest BCUT2D eigenvalue weighted by molar-refractivity contribution is -0.275. The summed E-state index contributed by atoms with van der Waals surface area (Å²) in [5.41, 5.74) is -0.641. The number of hydrogen-bond acceptors (Lipinski definition) is 7. The van der Waals surface area contributed by atoms with Gasteiger partial charge in [0.1, 0.15) is 11.9 Å². The Balaban J connectivity index is 3.46. The second-order valence-electron chi connectivity index (χ2n) is 8.41. The van der Waals surface area contributed by atoms with Crippen LogP contribution in [-0.2, 0) is 18.5 Å². The van der Waals surface area contributed by atoms with E-state index in [1.807, 2.05) is 59.7 Å². The zero-order chi connectivity index (χ0) is 21.6. The van der Waals surface area contributed by atoms with Crippen LogP contribution in [0.4, 0.5) is 0 Å². The molecule has 0 aromatic carbocycles. The molecule has 2 atom stereocenters. The summed E-state index contributed by atoms with van der Waals surface area (Å²) in [6.07, 6.45) is 1.28. The zero-order valence-corrected chi connectivity index (χ0v) is 19.4. The van der Waals surface area contributed by atoms with E-state index in [4.69, 9.17) is 13.9 Å². The number of rotatable bonds is 11. The Morgan fingerprint density at radius 3 is 2.11 bits per heavy atom. The van der Waals surface area contributed by atoms with Crippen molar-refractivity contribution in [1.29, 1.82) is 0 Å². The Hall–Kier alpha value is -0.820. The molecule has 0 aliphatic rings. The van der Waals surface area contributed by atoms with Crippen molar-refractivity contribution in [3.8, 4) is 0 Å². The fourth-order valence-electron chi connectivity index (χ4n) is 2.93. The number of pyridine rings is 1. The Morgan fingerprint density at radius 1 is 1.14 bits per heavy atom. The van der Waals surface area contributed by atoms with Crippen LogP contribution in [0, 0.1) is 5.41 Å². The third-order valence-corrected chi connectivity index (χ3v) is 7.09. The quantitative estimate of drug-likeness (QED) is 0.410. The Bertz CT molecular complexity index is 623. The summed E-state index contributed by atoms with van der Waals surface area (Å²) in [5, 5.41) is 11.7. The van der Waals surface area contributed by atoms with E-state index in [1.165, 1.54) is 0 Å². The highest BCUT2D eigenvalue weighted by molar-refractivity contribution is 7.54. The number of aliphatic hydroxyl groups is 1. The maximum Gasteiger partial charge on any atom is 0.350 e. The van der Waals surface area contributed by atoms with E-state index in [2.05, 4.69) is 4.98 Å². The van der Waals surface area contributed by atoms with Crippen molar-refractivity contribution in [1.82, 2.24) is 10.0 Å². The number of hydrogen-bond donors (Lipinski definition) is 1. The van der Waals surface area contributed by atoms with Gasteiger partial charge < -0.3 is 14.2 Å². The molecule has 0 radical (unpaired) electrons. The highest BCUT2D eigenvalue weighted by atomic mass is 31.2. The molecule has 0 unspecified atom stereocenters. The molecule has 0 amide bonds. The first-order chi connectivity index (χ1) is 12.9. The molecule has 0 bridgehead atoms. The zero-order valence-electron chi connectivity index (χ0n) is 18.5. The van der Waals surface area contributed by atoms with Gasteiger partial charge in [0.05, 0.1) is 31.1 Å². The first-order valence-electron chi connectivity index (χ1n) is 9.79. The summed E-state index contributed by atoms with van der Waals surface area (Å²) in [4.78, 5) is 10.6. The van der Waals surface area contributed by atoms with E-state index in [-0.39, 0.29) is 19.8 Å². The van der Waals surface area contributed by atoms with E-state index >= 15 is 0 Å². The van der Waals surface area contributed by atoms with E-state index in [1.54, 1.807) is 25.1 Å². The van der Waals surface area contributed by atoms with Crippen molar-refractivity contribution in [3.05, 3.63) is 30.1 Å². The largest absolute Gasteiger partial charge is 0.394 e. The Morgan fingerprint density at radius 2 is 1.71 bits per heavy atom. The molecule has 0 aliphatic carbocycles. The third-order valence-electron chi connectivity index (χ3n) is 4.27. The van der Waals surface area contributed by atoms with Crippen LogP contribution in [0.1, 0.15) is 67.2 Å². The topological polar surface area (TPSA) is 81.1 Å². The predicted octanol–water partition coefficient (Wildman–Crippen LogP) is 4.79. The first kappa shape index (κ1) is 25.2. The van der Waals surface area contributed by atoms with E-state index in [0.29, 0.717) is 0 Å². The van der Waals surface area contributed by atoms with Crippen LogP contribution in [0.15, 0.2) is 24.4 Å². The highest BCUT2D eigenvalue weighted by Crippen LogP contribution is 2.61. The molecule has 0 saturated carbocycles. The van der Waals surface area contributed by atoms with Gasteiger partial charge in [0.25, 0.3) is 0 Å². The summed E-state index contributed by atoms with van der Waals surface area (Å²) >= 11 is 0. The summed E-state index contributed by atoms with van der Waals surface area (Å²) in [6.45, 7) is 15.3. The number of aliphatic hydroxyl groups excluding tert-OH is 1. The number of nitrogens with zero attached hydrogens (tertiary/aromatic N) is 2. The molecule has 1 heterocycles. The van der Waals surface area contributed by atoms with E-state index in [9.17, 15) is 9.67 Å². The predicted molar refractivity (Wildman–Crippen MR) is 111 cm³/mol. The van der Waals surface area contributed by atoms with Gasteiger partial charge >= 0.3 is 7.60 Å². The molecule has 1 aromatic rings. The third kappa shape index (κ3) is 6.34. The molecule has 8 heteroatoms. The Kier molecular flexibility index (Phi) is 9.26. The van der Waals surface area contributed by atoms with Gasteiger partial charge in [-0.1, -0.05) is 26.8 Å². The van der Waals surface area contributed by atoms with Crippen LogP contribution in [0.5, 0.6) is 0 Å². The van der Waals surface area contributed by atoms with Crippen molar-refractivity contribution in [2.75, 3.05) is 19.8 Å². The fraction of sp³-hybridized carbons (Fsp3) is 0.750. The standard InChI is InChI=1S/C20H37N2O5P/c1-9-25-28(24,26-10-2)18(19(4,5)6)22(20(7,8)15-23)27-16(3)17-13-11-12-14-21-17/h11-14,16,18,23H,9-10,15H2,1-8H3/t16-,18-/m0/s1. The molecule has 28 heavy (non-hydrogen) atoms. The van der Waals surface area contributed by atoms with Crippen molar-refractivity contribution >= 4 is 7.60 Å². The van der Waals surface area contributed by atoms with Crippen LogP contribution < -0.4 is 0 Å². The monoisotopic (exact) mass is 416 g/mol. The van der Waals surface area contributed by atoms with Crippen LogP contribution in [0.2, 0.25) is 0 Å². The van der Waals surface area contributed by atoms with Crippen molar-refractivity contribution < 1.29 is 23.6 Å². The van der Waals surface area contributed by atoms with Gasteiger partial charge in [0.2, 0.25) is 0 Å². The van der Waals surface area contributed by atoms with E-state index in [0.717, 1.165) is 5.69 Å². The SMILES string of the molecule is CCOP(=O)(OCC)[C@H](N(O[C@@H](C)c1ccccn1)C(C)(C)CO)C(C)(C)C. The minimum absolute atomic E-state index is 0.202. The van der Waals surface area contributed by atoms with Gasteiger partial charge in [0, 0.05) is 6.20 Å². The molecule has 0 fully saturated rings. The van der Waals surface area contributed by atoms with Gasteiger partial charge in [-0.05, 0) is 52.2 Å². The molecular weight excluding hydrogens is 379 g/mol. The maximum absolute atomic E-state index is 13.8. The molecule has 162 valence electrons. The van der Waals surface area contributed by atoms with E-state index < -0.39 is 30.4 Å². The normalized spacial score (nSPS) is 15.6. The molecule has 7 nitrogen and oxygen atoms in total. The minimum Gasteiger partial charge on any atom is -0.394 e. The molecule has 1 aromatic heterocycles. The van der Waals surface area contributed by atoms with Crippen LogP contribution in [0.3, 0.4) is 0 Å². The van der Waals surface area contributed by atoms with Gasteiger partial charge in [-0.25, -0.2) is 0 Å². The highest BCUT2D eigenvalue weighted by Gasteiger charge is 2.52.